The lowest BCUT2D eigenvalue weighted by Gasteiger charge is -2.25. The van der Waals surface area contributed by atoms with E-state index in [1.54, 1.807) is 27.8 Å². The molecule has 1 fully saturated rings. The maximum Gasteiger partial charge on any atom is 0.243 e. The van der Waals surface area contributed by atoms with Crippen LogP contribution in [0.15, 0.2) is 35.2 Å². The zero-order valence-corrected chi connectivity index (χ0v) is 19.7. The molecule has 0 amide bonds. The SMILES string of the molecule is CCn1c(CN(C)Cc2ccc(Cl)s2)nc2cc(S(=O)(=O)N3CCCCC3)ccc21. The van der Waals surface area contributed by atoms with E-state index in [2.05, 4.69) is 23.4 Å². The Labute approximate surface area is 187 Å². The van der Waals surface area contributed by atoms with E-state index in [-0.39, 0.29) is 0 Å². The van der Waals surface area contributed by atoms with E-state index in [1.807, 2.05) is 18.2 Å². The van der Waals surface area contributed by atoms with Crippen LogP contribution in [0.2, 0.25) is 4.34 Å². The van der Waals surface area contributed by atoms with Crippen LogP contribution in [-0.4, -0.2) is 47.3 Å². The van der Waals surface area contributed by atoms with E-state index < -0.39 is 10.0 Å². The molecular formula is C21H27ClN4O2S2. The van der Waals surface area contributed by atoms with Crippen molar-refractivity contribution in [2.24, 2.45) is 0 Å². The second-order valence-electron chi connectivity index (χ2n) is 7.77. The summed E-state index contributed by atoms with van der Waals surface area (Å²) in [6.07, 6.45) is 2.95. The predicted octanol–water partition coefficient (Wildman–Crippen LogP) is 4.58. The molecule has 6 nitrogen and oxygen atoms in total. The van der Waals surface area contributed by atoms with Crippen molar-refractivity contribution in [1.82, 2.24) is 18.8 Å². The molecule has 1 aliphatic heterocycles. The van der Waals surface area contributed by atoms with Crippen molar-refractivity contribution in [1.29, 1.82) is 0 Å². The average Bonchev–Trinajstić information content (AvgIpc) is 3.29. The highest BCUT2D eigenvalue weighted by Crippen LogP contribution is 2.26. The Kier molecular flexibility index (Phi) is 6.50. The first-order valence-corrected chi connectivity index (χ1v) is 12.9. The highest BCUT2D eigenvalue weighted by atomic mass is 35.5. The molecule has 30 heavy (non-hydrogen) atoms. The minimum Gasteiger partial charge on any atom is -0.327 e. The first kappa shape index (κ1) is 21.8. The number of imidazole rings is 1. The Bertz CT molecular complexity index is 1130. The molecule has 0 unspecified atom stereocenters. The first-order valence-electron chi connectivity index (χ1n) is 10.3. The van der Waals surface area contributed by atoms with Gasteiger partial charge in [-0.15, -0.1) is 11.3 Å². The number of aryl methyl sites for hydroxylation is 1. The van der Waals surface area contributed by atoms with Gasteiger partial charge in [0.2, 0.25) is 10.0 Å². The molecule has 3 heterocycles. The largest absolute Gasteiger partial charge is 0.327 e. The number of sulfonamides is 1. The number of benzene rings is 1. The number of hydrogen-bond donors (Lipinski definition) is 0. The number of fused-ring (bicyclic) bond motifs is 1. The summed E-state index contributed by atoms with van der Waals surface area (Å²) in [6.45, 7) is 5.54. The highest BCUT2D eigenvalue weighted by molar-refractivity contribution is 7.89. The molecule has 0 radical (unpaired) electrons. The fraction of sp³-hybridized carbons (Fsp3) is 0.476. The monoisotopic (exact) mass is 466 g/mol. The Hall–Kier alpha value is -1.45. The summed E-state index contributed by atoms with van der Waals surface area (Å²) in [6, 6.07) is 9.31. The van der Waals surface area contributed by atoms with E-state index in [0.29, 0.717) is 24.5 Å². The quantitative estimate of drug-likeness (QED) is 0.511. The van der Waals surface area contributed by atoms with Crippen LogP contribution >= 0.6 is 22.9 Å². The third-order valence-corrected chi connectivity index (χ3v) is 8.64. The van der Waals surface area contributed by atoms with Crippen molar-refractivity contribution in [3.63, 3.8) is 0 Å². The smallest absolute Gasteiger partial charge is 0.243 e. The summed E-state index contributed by atoms with van der Waals surface area (Å²) in [7, 11) is -1.41. The van der Waals surface area contributed by atoms with Crippen molar-refractivity contribution < 1.29 is 8.42 Å². The normalized spacial score (nSPS) is 16.0. The van der Waals surface area contributed by atoms with Crippen LogP contribution in [0.4, 0.5) is 0 Å². The van der Waals surface area contributed by atoms with Gasteiger partial charge in [0.05, 0.1) is 26.8 Å². The van der Waals surface area contributed by atoms with Crippen LogP contribution in [0.5, 0.6) is 0 Å². The third-order valence-electron chi connectivity index (χ3n) is 5.53. The zero-order valence-electron chi connectivity index (χ0n) is 17.3. The van der Waals surface area contributed by atoms with Gasteiger partial charge in [0.1, 0.15) is 5.82 Å². The summed E-state index contributed by atoms with van der Waals surface area (Å²) in [5, 5.41) is 0. The summed E-state index contributed by atoms with van der Waals surface area (Å²) in [4.78, 5) is 8.54. The molecule has 0 bridgehead atoms. The van der Waals surface area contributed by atoms with Crippen molar-refractivity contribution in [2.75, 3.05) is 20.1 Å². The van der Waals surface area contributed by atoms with Crippen LogP contribution in [0.25, 0.3) is 11.0 Å². The number of halogens is 1. The van der Waals surface area contributed by atoms with Crippen molar-refractivity contribution in [2.45, 2.75) is 50.7 Å². The lowest BCUT2D eigenvalue weighted by Crippen LogP contribution is -2.35. The standard InChI is InChI=1S/C21H27ClN4O2S2/c1-3-26-19-9-8-17(30(27,28)25-11-5-4-6-12-25)13-18(19)23-21(26)15-24(2)14-16-7-10-20(22)29-16/h7-10,13H,3-6,11-12,14-15H2,1-2H3. The van der Waals surface area contributed by atoms with Crippen molar-refractivity contribution in [3.05, 3.63) is 45.4 Å². The Morgan fingerprint density at radius 2 is 1.90 bits per heavy atom. The summed E-state index contributed by atoms with van der Waals surface area (Å²) in [5.74, 6) is 0.935. The summed E-state index contributed by atoms with van der Waals surface area (Å²) in [5.41, 5.74) is 1.70. The van der Waals surface area contributed by atoms with Gasteiger partial charge >= 0.3 is 0 Å². The van der Waals surface area contributed by atoms with Crippen molar-refractivity contribution in [3.8, 4) is 0 Å². The van der Waals surface area contributed by atoms with Gasteiger partial charge < -0.3 is 4.57 Å². The second-order valence-corrected chi connectivity index (χ2v) is 11.5. The first-order chi connectivity index (χ1) is 14.4. The van der Waals surface area contributed by atoms with Gasteiger partial charge in [0.15, 0.2) is 0 Å². The molecule has 162 valence electrons. The number of nitrogens with zero attached hydrogens (tertiary/aromatic N) is 4. The summed E-state index contributed by atoms with van der Waals surface area (Å²) < 4.78 is 30.7. The van der Waals surface area contributed by atoms with E-state index in [1.165, 1.54) is 4.88 Å². The van der Waals surface area contributed by atoms with Gasteiger partial charge in [0, 0.05) is 31.1 Å². The molecule has 2 aromatic heterocycles. The number of piperidine rings is 1. The van der Waals surface area contributed by atoms with Gasteiger partial charge in [0.25, 0.3) is 0 Å². The lowest BCUT2D eigenvalue weighted by atomic mass is 10.2. The van der Waals surface area contributed by atoms with Crippen LogP contribution in [0.1, 0.15) is 36.9 Å². The number of rotatable bonds is 7. The molecular weight excluding hydrogens is 440 g/mol. The van der Waals surface area contributed by atoms with Crippen LogP contribution < -0.4 is 0 Å². The zero-order chi connectivity index (χ0) is 21.3. The molecule has 1 aromatic carbocycles. The van der Waals surface area contributed by atoms with Gasteiger partial charge in [-0.1, -0.05) is 18.0 Å². The molecule has 3 aromatic rings. The number of thiophene rings is 1. The van der Waals surface area contributed by atoms with Crippen LogP contribution in [0.3, 0.4) is 0 Å². The second kappa shape index (κ2) is 8.96. The molecule has 9 heteroatoms. The fourth-order valence-corrected chi connectivity index (χ4v) is 6.75. The molecule has 1 saturated heterocycles. The molecule has 4 rings (SSSR count). The molecule has 1 aliphatic rings. The molecule has 0 N–H and O–H groups in total. The van der Waals surface area contributed by atoms with Gasteiger partial charge in [-0.25, -0.2) is 13.4 Å². The van der Waals surface area contributed by atoms with E-state index in [4.69, 9.17) is 16.6 Å². The fourth-order valence-electron chi connectivity index (χ4n) is 4.05. The molecule has 0 atom stereocenters. The Morgan fingerprint density at radius 3 is 2.57 bits per heavy atom. The maximum absolute atomic E-state index is 13.0. The highest BCUT2D eigenvalue weighted by Gasteiger charge is 2.26. The third kappa shape index (κ3) is 4.43. The topological polar surface area (TPSA) is 58.4 Å². The number of aromatic nitrogens is 2. The van der Waals surface area contributed by atoms with Gasteiger partial charge in [-0.3, -0.25) is 4.90 Å². The van der Waals surface area contributed by atoms with E-state index >= 15 is 0 Å². The minimum atomic E-state index is -3.46. The Morgan fingerprint density at radius 1 is 1.13 bits per heavy atom. The minimum absolute atomic E-state index is 0.339. The van der Waals surface area contributed by atoms with Gasteiger partial charge in [-0.05, 0) is 57.1 Å². The Balaban J connectivity index is 1.60. The lowest BCUT2D eigenvalue weighted by molar-refractivity contribution is 0.309. The van der Waals surface area contributed by atoms with Crippen LogP contribution in [-0.2, 0) is 29.7 Å². The average molecular weight is 467 g/mol. The van der Waals surface area contributed by atoms with Crippen LogP contribution in [0, 0.1) is 0 Å². The molecule has 0 aliphatic carbocycles. The van der Waals surface area contributed by atoms with E-state index in [0.717, 1.165) is 53.5 Å². The van der Waals surface area contributed by atoms with Gasteiger partial charge in [-0.2, -0.15) is 4.31 Å². The number of hydrogen-bond acceptors (Lipinski definition) is 5. The molecule has 0 saturated carbocycles. The predicted molar refractivity (Wildman–Crippen MR) is 123 cm³/mol. The summed E-state index contributed by atoms with van der Waals surface area (Å²) >= 11 is 7.63. The van der Waals surface area contributed by atoms with Crippen molar-refractivity contribution >= 4 is 44.0 Å². The van der Waals surface area contributed by atoms with E-state index in [9.17, 15) is 8.42 Å². The molecule has 0 spiro atoms. The maximum atomic E-state index is 13.0.